The van der Waals surface area contributed by atoms with Gasteiger partial charge in [-0.2, -0.15) is 0 Å². The van der Waals surface area contributed by atoms with Crippen LogP contribution in [0, 0.1) is 13.8 Å². The summed E-state index contributed by atoms with van der Waals surface area (Å²) in [5.74, 6) is 0. The lowest BCUT2D eigenvalue weighted by molar-refractivity contribution is 0.238. The number of carbonyl (C=O) groups is 1. The molecule has 2 rings (SSSR count). The summed E-state index contributed by atoms with van der Waals surface area (Å²) in [6, 6.07) is 12.2. The van der Waals surface area contributed by atoms with Crippen LogP contribution < -0.4 is 15.5 Å². The summed E-state index contributed by atoms with van der Waals surface area (Å²) in [6.07, 6.45) is 0. The average molecular weight is 331 g/mol. The third-order valence-electron chi connectivity index (χ3n) is 3.82. The Morgan fingerprint density at radius 1 is 1.26 bits per heavy atom. The van der Waals surface area contributed by atoms with Gasteiger partial charge in [-0.1, -0.05) is 18.2 Å². The van der Waals surface area contributed by atoms with Gasteiger partial charge in [-0.3, -0.25) is 0 Å². The highest BCUT2D eigenvalue weighted by molar-refractivity contribution is 7.12. The molecule has 0 aliphatic carbocycles. The van der Waals surface area contributed by atoms with Crippen LogP contribution in [-0.4, -0.2) is 26.2 Å². The van der Waals surface area contributed by atoms with Gasteiger partial charge in [0.05, 0.1) is 6.04 Å². The number of benzene rings is 1. The molecule has 0 radical (unpaired) electrons. The van der Waals surface area contributed by atoms with Crippen molar-refractivity contribution in [1.82, 2.24) is 10.6 Å². The number of thiophene rings is 1. The lowest BCUT2D eigenvalue weighted by Crippen LogP contribution is -2.40. The Labute approximate surface area is 142 Å². The van der Waals surface area contributed by atoms with Crippen molar-refractivity contribution in [1.29, 1.82) is 0 Å². The molecule has 1 aromatic heterocycles. The SMILES string of the molecule is Cc1cc(C(C)NC(=O)NCCN(C)c2ccccc2)c(C)s1. The maximum Gasteiger partial charge on any atom is 0.315 e. The molecule has 0 aliphatic heterocycles. The second-order valence-electron chi connectivity index (χ2n) is 5.75. The number of hydrogen-bond acceptors (Lipinski definition) is 3. The Balaban J connectivity index is 1.76. The van der Waals surface area contributed by atoms with Gasteiger partial charge >= 0.3 is 6.03 Å². The fourth-order valence-electron chi connectivity index (χ4n) is 2.55. The first-order valence-corrected chi connectivity index (χ1v) is 8.66. The molecular formula is C18H25N3OS. The average Bonchev–Trinajstić information content (AvgIpc) is 2.86. The predicted molar refractivity (Wildman–Crippen MR) is 98.5 cm³/mol. The Morgan fingerprint density at radius 2 is 1.96 bits per heavy atom. The number of para-hydroxylation sites is 1. The maximum absolute atomic E-state index is 12.0. The maximum atomic E-state index is 12.0. The molecule has 0 spiro atoms. The zero-order chi connectivity index (χ0) is 16.8. The van der Waals surface area contributed by atoms with E-state index in [4.69, 9.17) is 0 Å². The normalized spacial score (nSPS) is 11.8. The van der Waals surface area contributed by atoms with Crippen LogP contribution >= 0.6 is 11.3 Å². The first-order chi connectivity index (χ1) is 11.0. The van der Waals surface area contributed by atoms with E-state index in [1.54, 1.807) is 11.3 Å². The van der Waals surface area contributed by atoms with Gasteiger partial charge in [0.25, 0.3) is 0 Å². The van der Waals surface area contributed by atoms with E-state index in [9.17, 15) is 4.79 Å². The van der Waals surface area contributed by atoms with E-state index < -0.39 is 0 Å². The highest BCUT2D eigenvalue weighted by Gasteiger charge is 2.13. The minimum Gasteiger partial charge on any atom is -0.373 e. The fraction of sp³-hybridized carbons (Fsp3) is 0.389. The standard InChI is InChI=1S/C18H25N3OS/c1-13-12-17(15(3)23-13)14(2)20-18(22)19-10-11-21(4)16-8-6-5-7-9-16/h5-9,12,14H,10-11H2,1-4H3,(H2,19,20,22). The summed E-state index contributed by atoms with van der Waals surface area (Å²) in [6.45, 7) is 7.57. The molecule has 0 bridgehead atoms. The molecule has 2 aromatic rings. The lowest BCUT2D eigenvalue weighted by atomic mass is 10.1. The Hall–Kier alpha value is -2.01. The number of aryl methyl sites for hydroxylation is 2. The number of rotatable bonds is 6. The van der Waals surface area contributed by atoms with Crippen molar-refractivity contribution in [2.24, 2.45) is 0 Å². The van der Waals surface area contributed by atoms with Crippen molar-refractivity contribution < 1.29 is 4.79 Å². The first kappa shape index (κ1) is 17.3. The largest absolute Gasteiger partial charge is 0.373 e. The van der Waals surface area contributed by atoms with Crippen LogP contribution in [-0.2, 0) is 0 Å². The molecule has 2 N–H and O–H groups in total. The zero-order valence-corrected chi connectivity index (χ0v) is 15.0. The summed E-state index contributed by atoms with van der Waals surface area (Å²) < 4.78 is 0. The summed E-state index contributed by atoms with van der Waals surface area (Å²) in [4.78, 5) is 16.7. The molecule has 5 heteroatoms. The third-order valence-corrected chi connectivity index (χ3v) is 4.80. The summed E-state index contributed by atoms with van der Waals surface area (Å²) in [5, 5.41) is 5.92. The van der Waals surface area contributed by atoms with Crippen molar-refractivity contribution in [3.63, 3.8) is 0 Å². The number of carbonyl (C=O) groups excluding carboxylic acids is 1. The molecule has 4 nitrogen and oxygen atoms in total. The zero-order valence-electron chi connectivity index (χ0n) is 14.2. The smallest absolute Gasteiger partial charge is 0.315 e. The van der Waals surface area contributed by atoms with Crippen LogP contribution in [0.15, 0.2) is 36.4 Å². The number of anilines is 1. The number of amides is 2. The van der Waals surface area contributed by atoms with Crippen molar-refractivity contribution in [2.45, 2.75) is 26.8 Å². The summed E-state index contributed by atoms with van der Waals surface area (Å²) >= 11 is 1.77. The van der Waals surface area contributed by atoms with E-state index in [1.165, 1.54) is 15.3 Å². The highest BCUT2D eigenvalue weighted by atomic mass is 32.1. The van der Waals surface area contributed by atoms with Gasteiger partial charge < -0.3 is 15.5 Å². The third kappa shape index (κ3) is 4.99. The van der Waals surface area contributed by atoms with Crippen molar-refractivity contribution in [2.75, 3.05) is 25.0 Å². The highest BCUT2D eigenvalue weighted by Crippen LogP contribution is 2.25. The van der Waals surface area contributed by atoms with Crippen LogP contribution in [0.1, 0.15) is 28.3 Å². The van der Waals surface area contributed by atoms with E-state index in [0.29, 0.717) is 6.54 Å². The summed E-state index contributed by atoms with van der Waals surface area (Å²) in [7, 11) is 2.02. The Kier molecular flexibility index (Phi) is 6.04. The van der Waals surface area contributed by atoms with Gasteiger partial charge in [0.15, 0.2) is 0 Å². The molecule has 0 aliphatic rings. The molecule has 1 atom stereocenters. The van der Waals surface area contributed by atoms with E-state index in [2.05, 4.69) is 47.6 Å². The number of nitrogens with one attached hydrogen (secondary N) is 2. The minimum atomic E-state index is -0.123. The van der Waals surface area contributed by atoms with Gasteiger partial charge in [0, 0.05) is 35.6 Å². The van der Waals surface area contributed by atoms with E-state index >= 15 is 0 Å². The predicted octanol–water partition coefficient (Wildman–Crippen LogP) is 3.86. The summed E-state index contributed by atoms with van der Waals surface area (Å²) in [5.41, 5.74) is 2.34. The van der Waals surface area contributed by atoms with E-state index in [1.807, 2.05) is 32.2 Å². The van der Waals surface area contributed by atoms with E-state index in [-0.39, 0.29) is 12.1 Å². The quantitative estimate of drug-likeness (QED) is 0.844. The molecule has 1 heterocycles. The van der Waals surface area contributed by atoms with Crippen LogP contribution in [0.2, 0.25) is 0 Å². The van der Waals surface area contributed by atoms with Crippen LogP contribution in [0.4, 0.5) is 10.5 Å². The van der Waals surface area contributed by atoms with Crippen molar-refractivity contribution in [3.8, 4) is 0 Å². The fourth-order valence-corrected chi connectivity index (χ4v) is 3.58. The van der Waals surface area contributed by atoms with Gasteiger partial charge in [0.1, 0.15) is 0 Å². The van der Waals surface area contributed by atoms with Crippen LogP contribution in [0.25, 0.3) is 0 Å². The molecular weight excluding hydrogens is 306 g/mol. The molecule has 1 aromatic carbocycles. The Bertz CT molecular complexity index is 639. The van der Waals surface area contributed by atoms with Gasteiger partial charge in [0.2, 0.25) is 0 Å². The minimum absolute atomic E-state index is 0.0202. The second kappa shape index (κ2) is 8.02. The van der Waals surface area contributed by atoms with Crippen molar-refractivity contribution in [3.05, 3.63) is 51.7 Å². The lowest BCUT2D eigenvalue weighted by Gasteiger charge is -2.20. The molecule has 2 amide bonds. The first-order valence-electron chi connectivity index (χ1n) is 7.85. The number of urea groups is 1. The topological polar surface area (TPSA) is 44.4 Å². The molecule has 124 valence electrons. The second-order valence-corrected chi connectivity index (χ2v) is 7.21. The van der Waals surface area contributed by atoms with Crippen molar-refractivity contribution >= 4 is 23.1 Å². The monoisotopic (exact) mass is 331 g/mol. The number of hydrogen-bond donors (Lipinski definition) is 2. The van der Waals surface area contributed by atoms with Gasteiger partial charge in [-0.05, 0) is 44.5 Å². The molecule has 0 saturated carbocycles. The molecule has 0 fully saturated rings. The van der Waals surface area contributed by atoms with Gasteiger partial charge in [-0.25, -0.2) is 4.79 Å². The van der Waals surface area contributed by atoms with Crippen LogP contribution in [0.5, 0.6) is 0 Å². The van der Waals surface area contributed by atoms with E-state index in [0.717, 1.165) is 12.2 Å². The number of likely N-dealkylation sites (N-methyl/N-ethyl adjacent to an activating group) is 1. The molecule has 1 unspecified atom stereocenters. The van der Waals surface area contributed by atoms with Gasteiger partial charge in [-0.15, -0.1) is 11.3 Å². The molecule has 0 saturated heterocycles. The molecule has 23 heavy (non-hydrogen) atoms. The van der Waals surface area contributed by atoms with Crippen LogP contribution in [0.3, 0.4) is 0 Å². The number of nitrogens with zero attached hydrogens (tertiary/aromatic N) is 1. The Morgan fingerprint density at radius 3 is 2.57 bits per heavy atom.